The van der Waals surface area contributed by atoms with Gasteiger partial charge in [-0.15, -0.1) is 0 Å². The van der Waals surface area contributed by atoms with E-state index in [1.807, 2.05) is 61.6 Å². The molecule has 0 N–H and O–H groups in total. The Bertz CT molecular complexity index is 2370. The molecule has 6 nitrogen and oxygen atoms in total. The van der Waals surface area contributed by atoms with Gasteiger partial charge in [-0.2, -0.15) is 0 Å². The smallest absolute Gasteiger partial charge is 0.0890 e. The molecule has 0 unspecified atom stereocenters. The number of allylic oxidation sites excluding steroid dienone is 11. The van der Waals surface area contributed by atoms with E-state index in [2.05, 4.69) is 134 Å². The zero-order valence-corrected chi connectivity index (χ0v) is 29.1. The number of fused-ring (bicyclic) bond motifs is 4. The van der Waals surface area contributed by atoms with Crippen LogP contribution in [0.2, 0.25) is 0 Å². The lowest BCUT2D eigenvalue weighted by molar-refractivity contribution is 1.03. The van der Waals surface area contributed by atoms with Gasteiger partial charge in [0.05, 0.1) is 22.4 Å². The summed E-state index contributed by atoms with van der Waals surface area (Å²) in [5.74, 6) is 0. The second-order valence-corrected chi connectivity index (χ2v) is 12.4. The molecule has 0 atom stereocenters. The highest BCUT2D eigenvalue weighted by Gasteiger charge is 2.19. The second-order valence-electron chi connectivity index (χ2n) is 12.4. The Hall–Kier alpha value is -6.36. The molecular weight excluding hydrogens is 625 g/mol. The molecule has 51 heavy (non-hydrogen) atoms. The van der Waals surface area contributed by atoms with E-state index in [9.17, 15) is 0 Å². The molecule has 6 heteroatoms. The Morgan fingerprint density at radius 1 is 0.961 bits per heavy atom. The number of nitrogens with zero attached hydrogens (tertiary/aromatic N) is 6. The summed E-state index contributed by atoms with van der Waals surface area (Å²) in [4.78, 5) is 17.5. The molecule has 0 fully saturated rings. The van der Waals surface area contributed by atoms with E-state index in [0.29, 0.717) is 0 Å². The SMILES string of the molecule is C=CN=Cc1c2c(n(C(/C=C\CC)=C/C=C/Cc3ccc(CC4=CC=C=C(n5c6ccncc6c6cnccc65)C=C4)cc3)c1C)C=CN=CC2. The van der Waals surface area contributed by atoms with E-state index in [-0.39, 0.29) is 0 Å². The highest BCUT2D eigenvalue weighted by molar-refractivity contribution is 6.09. The third-order valence-corrected chi connectivity index (χ3v) is 9.19. The van der Waals surface area contributed by atoms with Crippen molar-refractivity contribution in [3.63, 3.8) is 0 Å². The van der Waals surface area contributed by atoms with Crippen LogP contribution in [0.15, 0.2) is 156 Å². The van der Waals surface area contributed by atoms with Crippen LogP contribution in [0.5, 0.6) is 0 Å². The fourth-order valence-corrected chi connectivity index (χ4v) is 6.72. The maximum absolute atomic E-state index is 4.40. The number of hydrogen-bond acceptors (Lipinski definition) is 4. The van der Waals surface area contributed by atoms with Crippen molar-refractivity contribution in [2.75, 3.05) is 0 Å². The van der Waals surface area contributed by atoms with Crippen LogP contribution >= 0.6 is 0 Å². The zero-order chi connectivity index (χ0) is 35.0. The molecule has 0 radical (unpaired) electrons. The maximum Gasteiger partial charge on any atom is 0.0890 e. The standard InChI is InChI=1S/C45H40N6/c1-4-6-12-37(50-33(3)40(30-46-5-2)39-21-25-47-26-22-43(39)50)13-8-7-10-34-15-17-36(18-16-34)29-35-11-9-14-38(20-19-35)51-44-23-27-48-31-41(44)42-32-49-28-24-45(42)51/h5-9,11-13,15-20,22-28,30-32H,2,4,10,21,29H2,1,3H3/b8-7+,12-6-,37-13+,46-30?. The zero-order valence-electron chi connectivity index (χ0n) is 29.1. The van der Waals surface area contributed by atoms with Gasteiger partial charge in [-0.3, -0.25) is 20.0 Å². The lowest BCUT2D eigenvalue weighted by Gasteiger charge is -2.11. The second kappa shape index (κ2) is 15.5. The third kappa shape index (κ3) is 7.04. The molecule has 4 aromatic heterocycles. The van der Waals surface area contributed by atoms with Crippen LogP contribution < -0.4 is 0 Å². The van der Waals surface area contributed by atoms with Gasteiger partial charge in [0.1, 0.15) is 0 Å². The van der Waals surface area contributed by atoms with Gasteiger partial charge in [-0.05, 0) is 91.0 Å². The van der Waals surface area contributed by atoms with Crippen LogP contribution in [0.4, 0.5) is 0 Å². The highest BCUT2D eigenvalue weighted by Crippen LogP contribution is 2.32. The first-order valence-corrected chi connectivity index (χ1v) is 17.4. The van der Waals surface area contributed by atoms with Crippen LogP contribution in [0, 0.1) is 6.92 Å². The molecule has 7 rings (SSSR count). The van der Waals surface area contributed by atoms with Gasteiger partial charge in [-0.1, -0.05) is 73.9 Å². The van der Waals surface area contributed by atoms with Crippen molar-refractivity contribution in [1.82, 2.24) is 19.1 Å². The first kappa shape index (κ1) is 33.2. The minimum absolute atomic E-state index is 0.756. The normalized spacial score (nSPS) is 14.6. The van der Waals surface area contributed by atoms with E-state index in [0.717, 1.165) is 75.8 Å². The Morgan fingerprint density at radius 3 is 2.47 bits per heavy atom. The predicted molar refractivity (Wildman–Crippen MR) is 215 cm³/mol. The summed E-state index contributed by atoms with van der Waals surface area (Å²) in [6.07, 6.45) is 39.8. The molecule has 0 bridgehead atoms. The highest BCUT2D eigenvalue weighted by atomic mass is 15.0. The van der Waals surface area contributed by atoms with Gasteiger partial charge in [0.15, 0.2) is 0 Å². The lowest BCUT2D eigenvalue weighted by Crippen LogP contribution is -2.01. The largest absolute Gasteiger partial charge is 0.313 e. The molecule has 0 saturated carbocycles. The number of aromatic nitrogens is 4. The van der Waals surface area contributed by atoms with Crippen LogP contribution in [0.25, 0.3) is 39.3 Å². The van der Waals surface area contributed by atoms with Crippen molar-refractivity contribution in [3.8, 4) is 0 Å². The molecule has 1 aromatic carbocycles. The summed E-state index contributed by atoms with van der Waals surface area (Å²) in [5.41, 5.74) is 16.1. The summed E-state index contributed by atoms with van der Waals surface area (Å²) >= 11 is 0. The molecule has 5 aromatic rings. The Kier molecular flexibility index (Phi) is 10.0. The summed E-state index contributed by atoms with van der Waals surface area (Å²) in [7, 11) is 0. The third-order valence-electron chi connectivity index (χ3n) is 9.19. The minimum atomic E-state index is 0.756. The number of rotatable bonds is 11. The maximum atomic E-state index is 4.40. The van der Waals surface area contributed by atoms with Crippen LogP contribution in [-0.2, 0) is 19.3 Å². The quantitative estimate of drug-likeness (QED) is 0.0802. The molecule has 0 spiro atoms. The van der Waals surface area contributed by atoms with Crippen molar-refractivity contribution in [3.05, 3.63) is 180 Å². The average Bonchev–Trinajstić information content (AvgIpc) is 3.34. The first-order valence-electron chi connectivity index (χ1n) is 17.4. The van der Waals surface area contributed by atoms with Crippen LogP contribution in [0.3, 0.4) is 0 Å². The van der Waals surface area contributed by atoms with E-state index < -0.39 is 0 Å². The molecule has 0 amide bonds. The van der Waals surface area contributed by atoms with Gasteiger partial charge < -0.3 is 9.13 Å². The van der Waals surface area contributed by atoms with Crippen molar-refractivity contribution in [2.45, 2.75) is 39.5 Å². The molecule has 0 saturated heterocycles. The molecule has 250 valence electrons. The summed E-state index contributed by atoms with van der Waals surface area (Å²) in [5, 5.41) is 2.17. The number of pyridine rings is 2. The lowest BCUT2D eigenvalue weighted by atomic mass is 10.0. The Balaban J connectivity index is 1.05. The Morgan fingerprint density at radius 2 is 1.73 bits per heavy atom. The summed E-state index contributed by atoms with van der Waals surface area (Å²) in [6, 6.07) is 13.0. The predicted octanol–water partition coefficient (Wildman–Crippen LogP) is 10.2. The topological polar surface area (TPSA) is 60.4 Å². The Labute approximate surface area is 299 Å². The molecule has 2 aliphatic rings. The van der Waals surface area contributed by atoms with E-state index >= 15 is 0 Å². The number of hydrogen-bond donors (Lipinski definition) is 0. The van der Waals surface area contributed by atoms with Gasteiger partial charge >= 0.3 is 0 Å². The van der Waals surface area contributed by atoms with Crippen LogP contribution in [0.1, 0.15) is 47.0 Å². The van der Waals surface area contributed by atoms with Gasteiger partial charge in [0.2, 0.25) is 0 Å². The van der Waals surface area contributed by atoms with Crippen molar-refractivity contribution in [2.24, 2.45) is 9.98 Å². The fourth-order valence-electron chi connectivity index (χ4n) is 6.72. The fraction of sp³-hybridized carbons (Fsp3) is 0.133. The van der Waals surface area contributed by atoms with Crippen LogP contribution in [-0.4, -0.2) is 31.5 Å². The molecular formula is C45H40N6. The number of benzene rings is 1. The van der Waals surface area contributed by atoms with Crippen molar-refractivity contribution >= 4 is 51.7 Å². The van der Waals surface area contributed by atoms with Gasteiger partial charge in [0, 0.05) is 83.8 Å². The van der Waals surface area contributed by atoms with Gasteiger partial charge in [0.25, 0.3) is 0 Å². The van der Waals surface area contributed by atoms with Crippen molar-refractivity contribution in [1.29, 1.82) is 0 Å². The monoisotopic (exact) mass is 664 g/mol. The minimum Gasteiger partial charge on any atom is -0.313 e. The van der Waals surface area contributed by atoms with E-state index in [4.69, 9.17) is 0 Å². The molecule has 1 aliphatic carbocycles. The van der Waals surface area contributed by atoms with Crippen molar-refractivity contribution < 1.29 is 0 Å². The first-order chi connectivity index (χ1) is 25.2. The molecule has 1 aliphatic heterocycles. The molecule has 5 heterocycles. The summed E-state index contributed by atoms with van der Waals surface area (Å²) < 4.78 is 4.54. The number of aliphatic imine (C=N–C) groups is 2. The van der Waals surface area contributed by atoms with Gasteiger partial charge in [-0.25, -0.2) is 0 Å². The van der Waals surface area contributed by atoms with E-state index in [1.165, 1.54) is 22.3 Å². The summed E-state index contributed by atoms with van der Waals surface area (Å²) in [6.45, 7) is 8.07. The van der Waals surface area contributed by atoms with E-state index in [1.54, 1.807) is 6.20 Å². The average molecular weight is 665 g/mol.